The van der Waals surface area contributed by atoms with Gasteiger partial charge in [-0.05, 0) is 54.2 Å². The molecule has 2 aromatic rings. The summed E-state index contributed by atoms with van der Waals surface area (Å²) in [4.78, 5) is 12.4. The first-order chi connectivity index (χ1) is 13.9. The molecule has 1 heterocycles. The highest BCUT2D eigenvalue weighted by molar-refractivity contribution is 7.99. The zero-order chi connectivity index (χ0) is 20.9. The average Bonchev–Trinajstić information content (AvgIpc) is 2.72. The Labute approximate surface area is 177 Å². The molecule has 5 heteroatoms. The molecule has 1 aliphatic heterocycles. The fourth-order valence-corrected chi connectivity index (χ4v) is 5.69. The van der Waals surface area contributed by atoms with Gasteiger partial charge in [-0.2, -0.15) is 0 Å². The van der Waals surface area contributed by atoms with Crippen LogP contribution in [0.3, 0.4) is 0 Å². The molecule has 156 valence electrons. The molecule has 4 nitrogen and oxygen atoms in total. The Kier molecular flexibility index (Phi) is 7.12. The summed E-state index contributed by atoms with van der Waals surface area (Å²) in [6, 6.07) is 13.3. The third-order valence-electron chi connectivity index (χ3n) is 6.05. The minimum absolute atomic E-state index is 0.0473. The minimum atomic E-state index is -0.136. The van der Waals surface area contributed by atoms with Gasteiger partial charge in [0.1, 0.15) is 11.5 Å². The van der Waals surface area contributed by atoms with Gasteiger partial charge in [0.2, 0.25) is 0 Å². The van der Waals surface area contributed by atoms with Gasteiger partial charge in [-0.3, -0.25) is 4.79 Å². The van der Waals surface area contributed by atoms with Crippen molar-refractivity contribution in [3.05, 3.63) is 53.6 Å². The van der Waals surface area contributed by atoms with Crippen molar-refractivity contribution in [2.75, 3.05) is 12.9 Å². The van der Waals surface area contributed by atoms with E-state index in [-0.39, 0.29) is 17.1 Å². The number of thioether (sulfide) groups is 1. The van der Waals surface area contributed by atoms with E-state index in [1.807, 2.05) is 18.2 Å². The van der Waals surface area contributed by atoms with Crippen LogP contribution in [0.25, 0.3) is 0 Å². The van der Waals surface area contributed by atoms with Gasteiger partial charge in [0.05, 0.1) is 7.11 Å². The van der Waals surface area contributed by atoms with Crippen LogP contribution in [0.15, 0.2) is 47.4 Å². The quantitative estimate of drug-likeness (QED) is 0.425. The molecular weight excluding hydrogens is 384 g/mol. The minimum Gasteiger partial charge on any atom is -0.508 e. The van der Waals surface area contributed by atoms with Gasteiger partial charge in [0, 0.05) is 22.5 Å². The molecule has 0 amide bonds. The van der Waals surface area contributed by atoms with Crippen molar-refractivity contribution < 1.29 is 19.7 Å². The number of fused-ring (bicyclic) bond motifs is 1. The predicted molar refractivity (Wildman–Crippen MR) is 117 cm³/mol. The van der Waals surface area contributed by atoms with E-state index < -0.39 is 0 Å². The Morgan fingerprint density at radius 3 is 2.48 bits per heavy atom. The van der Waals surface area contributed by atoms with Crippen molar-refractivity contribution in [2.45, 2.75) is 61.7 Å². The van der Waals surface area contributed by atoms with E-state index in [4.69, 9.17) is 4.74 Å². The lowest BCUT2D eigenvalue weighted by molar-refractivity contribution is -0.140. The lowest BCUT2D eigenvalue weighted by Gasteiger charge is -2.43. The van der Waals surface area contributed by atoms with Gasteiger partial charge in [-0.15, -0.1) is 11.8 Å². The lowest BCUT2D eigenvalue weighted by atomic mass is 9.68. The standard InChI is InChI=1S/C24H30O4S/c1-24(17-9-11-18(25)12-10-17)16-29-22-15-19(26)13-14-20(22)21(24)7-5-3-4-6-8-23(27)28-2/h9-15,21,25-26H,3-8,16H2,1-2H3/t21-,24-/m1/s1. The van der Waals surface area contributed by atoms with Crippen molar-refractivity contribution in [1.29, 1.82) is 0 Å². The number of phenols is 2. The van der Waals surface area contributed by atoms with Crippen LogP contribution in [0.5, 0.6) is 11.5 Å². The van der Waals surface area contributed by atoms with E-state index in [0.717, 1.165) is 42.8 Å². The Morgan fingerprint density at radius 2 is 1.76 bits per heavy atom. The number of aromatic hydroxyl groups is 2. The van der Waals surface area contributed by atoms with Gasteiger partial charge in [-0.25, -0.2) is 0 Å². The molecule has 2 N–H and O–H groups in total. The highest BCUT2D eigenvalue weighted by atomic mass is 32.2. The van der Waals surface area contributed by atoms with Crippen LogP contribution < -0.4 is 0 Å². The number of hydrogen-bond acceptors (Lipinski definition) is 5. The van der Waals surface area contributed by atoms with Crippen molar-refractivity contribution in [2.24, 2.45) is 0 Å². The van der Waals surface area contributed by atoms with Crippen molar-refractivity contribution in [3.63, 3.8) is 0 Å². The van der Waals surface area contributed by atoms with Gasteiger partial charge < -0.3 is 14.9 Å². The lowest BCUT2D eigenvalue weighted by Crippen LogP contribution is -2.36. The molecule has 3 rings (SSSR count). The molecule has 0 saturated carbocycles. The summed E-state index contributed by atoms with van der Waals surface area (Å²) < 4.78 is 4.71. The number of ether oxygens (including phenoxy) is 1. The number of rotatable bonds is 8. The summed E-state index contributed by atoms with van der Waals surface area (Å²) in [5.74, 6) is 1.73. The van der Waals surface area contributed by atoms with Gasteiger partial charge in [0.25, 0.3) is 0 Å². The highest BCUT2D eigenvalue weighted by Crippen LogP contribution is 2.52. The number of carbonyl (C=O) groups excluding carboxylic acids is 1. The van der Waals surface area contributed by atoms with Crippen molar-refractivity contribution in [1.82, 2.24) is 0 Å². The molecule has 0 radical (unpaired) electrons. The van der Waals surface area contributed by atoms with Crippen LogP contribution in [-0.4, -0.2) is 29.0 Å². The first kappa shape index (κ1) is 21.6. The maximum absolute atomic E-state index is 11.3. The number of phenolic OH excluding ortho intramolecular Hbond substituents is 2. The van der Waals surface area contributed by atoms with Crippen LogP contribution in [0.4, 0.5) is 0 Å². The highest BCUT2D eigenvalue weighted by Gasteiger charge is 2.41. The van der Waals surface area contributed by atoms with E-state index in [1.165, 1.54) is 18.2 Å². The number of methoxy groups -OCH3 is 1. The van der Waals surface area contributed by atoms with E-state index in [9.17, 15) is 15.0 Å². The number of hydrogen-bond donors (Lipinski definition) is 2. The van der Waals surface area contributed by atoms with Crippen LogP contribution in [-0.2, 0) is 14.9 Å². The second-order valence-electron chi connectivity index (χ2n) is 8.06. The second-order valence-corrected chi connectivity index (χ2v) is 9.07. The second kappa shape index (κ2) is 9.57. The largest absolute Gasteiger partial charge is 0.508 e. The average molecular weight is 415 g/mol. The Bertz CT molecular complexity index is 833. The third kappa shape index (κ3) is 5.08. The van der Waals surface area contributed by atoms with Crippen LogP contribution in [0.2, 0.25) is 0 Å². The van der Waals surface area contributed by atoms with Crippen LogP contribution in [0.1, 0.15) is 62.5 Å². The zero-order valence-electron chi connectivity index (χ0n) is 17.2. The Balaban J connectivity index is 1.75. The van der Waals surface area contributed by atoms with Crippen molar-refractivity contribution >= 4 is 17.7 Å². The van der Waals surface area contributed by atoms with E-state index in [2.05, 4.69) is 13.0 Å². The molecule has 0 fully saturated rings. The summed E-state index contributed by atoms with van der Waals surface area (Å²) in [6.45, 7) is 2.31. The molecule has 0 unspecified atom stereocenters. The smallest absolute Gasteiger partial charge is 0.305 e. The molecule has 2 atom stereocenters. The van der Waals surface area contributed by atoms with E-state index in [1.54, 1.807) is 30.0 Å². The van der Waals surface area contributed by atoms with E-state index >= 15 is 0 Å². The summed E-state index contributed by atoms with van der Waals surface area (Å²) in [7, 11) is 1.43. The van der Waals surface area contributed by atoms with Gasteiger partial charge in [0.15, 0.2) is 0 Å². The monoisotopic (exact) mass is 414 g/mol. The number of unbranched alkanes of at least 4 members (excludes halogenated alkanes) is 3. The fraction of sp³-hybridized carbons (Fsp3) is 0.458. The Morgan fingerprint density at radius 1 is 1.07 bits per heavy atom. The molecular formula is C24H30O4S. The Hall–Kier alpha value is -2.14. The van der Waals surface area contributed by atoms with Gasteiger partial charge >= 0.3 is 5.97 Å². The maximum atomic E-state index is 11.3. The maximum Gasteiger partial charge on any atom is 0.305 e. The summed E-state index contributed by atoms with van der Waals surface area (Å²) in [6.07, 6.45) is 5.60. The molecule has 0 bridgehead atoms. The number of benzene rings is 2. The van der Waals surface area contributed by atoms with Crippen molar-refractivity contribution in [3.8, 4) is 11.5 Å². The molecule has 29 heavy (non-hydrogen) atoms. The first-order valence-corrected chi connectivity index (χ1v) is 11.2. The third-order valence-corrected chi connectivity index (χ3v) is 7.46. The van der Waals surface area contributed by atoms with Gasteiger partial charge in [-0.1, -0.05) is 44.4 Å². The molecule has 0 saturated heterocycles. The molecule has 2 aromatic carbocycles. The summed E-state index contributed by atoms with van der Waals surface area (Å²) in [5, 5.41) is 19.6. The molecule has 1 aliphatic rings. The topological polar surface area (TPSA) is 66.8 Å². The summed E-state index contributed by atoms with van der Waals surface area (Å²) in [5.41, 5.74) is 2.48. The normalized spacial score (nSPS) is 20.8. The number of carbonyl (C=O) groups is 1. The number of esters is 1. The zero-order valence-corrected chi connectivity index (χ0v) is 18.0. The summed E-state index contributed by atoms with van der Waals surface area (Å²) >= 11 is 1.79. The first-order valence-electron chi connectivity index (χ1n) is 10.3. The van der Waals surface area contributed by atoms with Crippen LogP contribution >= 0.6 is 11.8 Å². The predicted octanol–water partition coefficient (Wildman–Crippen LogP) is 5.76. The van der Waals surface area contributed by atoms with Crippen LogP contribution in [0, 0.1) is 0 Å². The molecule has 0 aliphatic carbocycles. The molecule has 0 aromatic heterocycles. The SMILES string of the molecule is COC(=O)CCCCCC[C@@H]1c2ccc(O)cc2SC[C@]1(C)c1ccc(O)cc1. The van der Waals surface area contributed by atoms with E-state index in [0.29, 0.717) is 18.1 Å². The molecule has 0 spiro atoms. The fourth-order valence-electron chi connectivity index (χ4n) is 4.28.